The number of carbonyl (C=O) groups excluding carboxylic acids is 1. The second-order valence-corrected chi connectivity index (χ2v) is 3.56. The van der Waals surface area contributed by atoms with Gasteiger partial charge in [-0.1, -0.05) is 13.3 Å². The van der Waals surface area contributed by atoms with Crippen LogP contribution in [0.5, 0.6) is 0 Å². The van der Waals surface area contributed by atoms with Crippen LogP contribution in [0.1, 0.15) is 33.1 Å². The van der Waals surface area contributed by atoms with Gasteiger partial charge in [0.25, 0.3) is 0 Å². The highest BCUT2D eigenvalue weighted by Gasteiger charge is 2.25. The lowest BCUT2D eigenvalue weighted by atomic mass is 9.93. The first kappa shape index (κ1) is 10.5. The molecule has 3 nitrogen and oxygen atoms in total. The van der Waals surface area contributed by atoms with Crippen LogP contribution in [-0.4, -0.2) is 25.2 Å². The summed E-state index contributed by atoms with van der Waals surface area (Å²) < 4.78 is 4.95. The summed E-state index contributed by atoms with van der Waals surface area (Å²) in [6.07, 6.45) is 3.27. The molecule has 2 atom stereocenters. The monoisotopic (exact) mass is 185 g/mol. The Balaban J connectivity index is 2.28. The van der Waals surface area contributed by atoms with Crippen LogP contribution in [0.15, 0.2) is 0 Å². The van der Waals surface area contributed by atoms with Crippen LogP contribution in [0, 0.1) is 5.92 Å². The molecule has 0 bridgehead atoms. The van der Waals surface area contributed by atoms with Gasteiger partial charge in [-0.15, -0.1) is 0 Å². The normalized spacial score (nSPS) is 28.5. The fourth-order valence-corrected chi connectivity index (χ4v) is 1.71. The molecule has 0 aromatic carbocycles. The first-order chi connectivity index (χ1) is 6.27. The summed E-state index contributed by atoms with van der Waals surface area (Å²) in [5.41, 5.74) is 0. The number of rotatable bonds is 3. The van der Waals surface area contributed by atoms with Crippen LogP contribution >= 0.6 is 0 Å². The summed E-state index contributed by atoms with van der Waals surface area (Å²) in [5, 5.41) is 3.23. The lowest BCUT2D eigenvalue weighted by Gasteiger charge is -2.27. The Morgan fingerprint density at radius 1 is 1.46 bits per heavy atom. The Kier molecular flexibility index (Phi) is 4.22. The van der Waals surface area contributed by atoms with E-state index in [1.165, 1.54) is 6.42 Å². The summed E-state index contributed by atoms with van der Waals surface area (Å²) in [7, 11) is 0. The van der Waals surface area contributed by atoms with Gasteiger partial charge < -0.3 is 10.1 Å². The number of esters is 1. The van der Waals surface area contributed by atoms with Crippen LogP contribution in [0.25, 0.3) is 0 Å². The molecule has 1 heterocycles. The van der Waals surface area contributed by atoms with Gasteiger partial charge in [-0.3, -0.25) is 4.79 Å². The molecular formula is C10H19NO2. The lowest BCUT2D eigenvalue weighted by molar-refractivity contribution is -0.146. The first-order valence-corrected chi connectivity index (χ1v) is 5.18. The van der Waals surface area contributed by atoms with Crippen molar-refractivity contribution in [2.75, 3.05) is 13.2 Å². The number of carbonyl (C=O) groups is 1. The Hall–Kier alpha value is -0.570. The van der Waals surface area contributed by atoms with Crippen molar-refractivity contribution in [2.24, 2.45) is 5.92 Å². The van der Waals surface area contributed by atoms with Gasteiger partial charge in [0.05, 0.1) is 6.61 Å². The minimum atomic E-state index is -0.0861. The second-order valence-electron chi connectivity index (χ2n) is 3.56. The van der Waals surface area contributed by atoms with E-state index in [1.54, 1.807) is 0 Å². The van der Waals surface area contributed by atoms with Crippen LogP contribution in [0.2, 0.25) is 0 Å². The molecule has 0 aliphatic carbocycles. The summed E-state index contributed by atoms with van der Waals surface area (Å²) in [4.78, 5) is 11.3. The van der Waals surface area contributed by atoms with Crippen molar-refractivity contribution in [3.63, 3.8) is 0 Å². The third-order valence-corrected chi connectivity index (χ3v) is 2.66. The predicted octanol–water partition coefficient (Wildman–Crippen LogP) is 1.33. The molecule has 0 aromatic rings. The van der Waals surface area contributed by atoms with E-state index in [0.29, 0.717) is 6.61 Å². The maximum atomic E-state index is 11.3. The molecule has 1 rings (SSSR count). The first-order valence-electron chi connectivity index (χ1n) is 5.18. The zero-order chi connectivity index (χ0) is 9.68. The molecule has 13 heavy (non-hydrogen) atoms. The van der Waals surface area contributed by atoms with Crippen molar-refractivity contribution in [1.29, 1.82) is 0 Å². The van der Waals surface area contributed by atoms with Crippen LogP contribution < -0.4 is 5.32 Å². The zero-order valence-corrected chi connectivity index (χ0v) is 8.51. The summed E-state index contributed by atoms with van der Waals surface area (Å²) in [5.74, 6) is 0.655. The molecule has 1 fully saturated rings. The van der Waals surface area contributed by atoms with Gasteiger partial charge in [0.1, 0.15) is 6.04 Å². The van der Waals surface area contributed by atoms with Crippen LogP contribution in [0.4, 0.5) is 0 Å². The molecule has 0 radical (unpaired) electrons. The van der Waals surface area contributed by atoms with Crippen molar-refractivity contribution >= 4 is 5.97 Å². The van der Waals surface area contributed by atoms with Crippen molar-refractivity contribution < 1.29 is 9.53 Å². The van der Waals surface area contributed by atoms with E-state index in [0.717, 1.165) is 25.3 Å². The molecule has 1 aliphatic heterocycles. The lowest BCUT2D eigenvalue weighted by Crippen LogP contribution is -2.44. The maximum absolute atomic E-state index is 11.3. The maximum Gasteiger partial charge on any atom is 0.323 e. The molecule has 0 aromatic heterocycles. The van der Waals surface area contributed by atoms with Crippen molar-refractivity contribution in [2.45, 2.75) is 39.2 Å². The molecule has 1 saturated heterocycles. The fourth-order valence-electron chi connectivity index (χ4n) is 1.71. The van der Waals surface area contributed by atoms with E-state index in [9.17, 15) is 4.79 Å². The minimum Gasteiger partial charge on any atom is -0.465 e. The highest BCUT2D eigenvalue weighted by molar-refractivity contribution is 5.75. The quantitative estimate of drug-likeness (QED) is 0.674. The van der Waals surface area contributed by atoms with E-state index >= 15 is 0 Å². The van der Waals surface area contributed by atoms with E-state index in [-0.39, 0.29) is 12.0 Å². The topological polar surface area (TPSA) is 38.3 Å². The number of hydrogen-bond donors (Lipinski definition) is 1. The number of hydrogen-bond acceptors (Lipinski definition) is 3. The number of piperidine rings is 1. The van der Waals surface area contributed by atoms with Gasteiger partial charge >= 0.3 is 5.97 Å². The van der Waals surface area contributed by atoms with E-state index < -0.39 is 0 Å². The summed E-state index contributed by atoms with van der Waals surface area (Å²) in [6.45, 7) is 5.47. The Morgan fingerprint density at radius 3 is 2.69 bits per heavy atom. The van der Waals surface area contributed by atoms with Gasteiger partial charge in [0.2, 0.25) is 0 Å². The van der Waals surface area contributed by atoms with Crippen molar-refractivity contribution in [3.8, 4) is 0 Å². The standard InChI is InChI=1S/C10H19NO2/c1-3-8-5-6-9(11-7-8)10(12)13-4-2/h8-9,11H,3-7H2,1-2H3. The van der Waals surface area contributed by atoms with Crippen molar-refractivity contribution in [3.05, 3.63) is 0 Å². The van der Waals surface area contributed by atoms with Gasteiger partial charge in [-0.25, -0.2) is 0 Å². The number of nitrogens with one attached hydrogen (secondary N) is 1. The SMILES string of the molecule is CCOC(=O)C1CCC(CC)CN1. The Labute approximate surface area is 79.8 Å². The van der Waals surface area contributed by atoms with Gasteiger partial charge in [0, 0.05) is 0 Å². The van der Waals surface area contributed by atoms with E-state index in [1.807, 2.05) is 6.92 Å². The summed E-state index contributed by atoms with van der Waals surface area (Å²) in [6, 6.07) is -0.0530. The average molecular weight is 185 g/mol. The fraction of sp³-hybridized carbons (Fsp3) is 0.900. The van der Waals surface area contributed by atoms with Gasteiger partial charge in [0.15, 0.2) is 0 Å². The molecule has 1 aliphatic rings. The largest absolute Gasteiger partial charge is 0.465 e. The summed E-state index contributed by atoms with van der Waals surface area (Å²) >= 11 is 0. The average Bonchev–Trinajstić information content (AvgIpc) is 2.18. The third-order valence-electron chi connectivity index (χ3n) is 2.66. The van der Waals surface area contributed by atoms with Crippen molar-refractivity contribution in [1.82, 2.24) is 5.32 Å². The minimum absolute atomic E-state index is 0.0530. The number of ether oxygens (including phenoxy) is 1. The molecule has 3 heteroatoms. The molecule has 2 unspecified atom stereocenters. The Bertz CT molecular complexity index is 162. The predicted molar refractivity (Wildman–Crippen MR) is 51.4 cm³/mol. The molecule has 0 saturated carbocycles. The third kappa shape index (κ3) is 2.99. The Morgan fingerprint density at radius 2 is 2.23 bits per heavy atom. The highest BCUT2D eigenvalue weighted by atomic mass is 16.5. The van der Waals surface area contributed by atoms with Gasteiger partial charge in [-0.2, -0.15) is 0 Å². The van der Waals surface area contributed by atoms with Gasteiger partial charge in [-0.05, 0) is 32.2 Å². The van der Waals surface area contributed by atoms with Crippen LogP contribution in [0.3, 0.4) is 0 Å². The smallest absolute Gasteiger partial charge is 0.323 e. The molecule has 1 N–H and O–H groups in total. The van der Waals surface area contributed by atoms with E-state index in [2.05, 4.69) is 12.2 Å². The second kappa shape index (κ2) is 5.22. The molecule has 0 spiro atoms. The molecular weight excluding hydrogens is 166 g/mol. The van der Waals surface area contributed by atoms with E-state index in [4.69, 9.17) is 4.74 Å². The highest BCUT2D eigenvalue weighted by Crippen LogP contribution is 2.17. The zero-order valence-electron chi connectivity index (χ0n) is 8.51. The molecule has 0 amide bonds. The molecule has 76 valence electrons. The van der Waals surface area contributed by atoms with Crippen LogP contribution in [-0.2, 0) is 9.53 Å².